The molecule has 0 radical (unpaired) electrons. The number of methoxy groups -OCH3 is 1. The molecule has 1 aromatic rings. The average molecular weight is 235 g/mol. The highest BCUT2D eigenvalue weighted by Gasteiger charge is 2.28. The van der Waals surface area contributed by atoms with Gasteiger partial charge < -0.3 is 10.5 Å². The first-order chi connectivity index (χ1) is 7.77. The van der Waals surface area contributed by atoms with Crippen LogP contribution in [0.2, 0.25) is 0 Å². The van der Waals surface area contributed by atoms with Gasteiger partial charge in [-0.3, -0.25) is 4.79 Å². The van der Waals surface area contributed by atoms with E-state index in [1.54, 1.807) is 19.2 Å². The van der Waals surface area contributed by atoms with E-state index >= 15 is 0 Å². The average Bonchev–Trinajstić information content (AvgIpc) is 2.25. The SMILES string of the molecule is COc1ccc(C(=O)C(N)C(C)(C)C)c(C)c1. The molecule has 0 bridgehead atoms. The molecular formula is C14H21NO2. The van der Waals surface area contributed by atoms with Crippen LogP contribution >= 0.6 is 0 Å². The van der Waals surface area contributed by atoms with E-state index in [1.807, 2.05) is 33.8 Å². The normalized spacial score (nSPS) is 13.3. The molecule has 1 rings (SSSR count). The Morgan fingerprint density at radius 1 is 1.35 bits per heavy atom. The van der Waals surface area contributed by atoms with E-state index in [1.165, 1.54) is 0 Å². The zero-order chi connectivity index (χ0) is 13.2. The Labute approximate surface area is 103 Å². The summed E-state index contributed by atoms with van der Waals surface area (Å²) < 4.78 is 5.11. The summed E-state index contributed by atoms with van der Waals surface area (Å²) in [6, 6.07) is 4.93. The Morgan fingerprint density at radius 2 is 1.94 bits per heavy atom. The summed E-state index contributed by atoms with van der Waals surface area (Å²) in [7, 11) is 1.61. The largest absolute Gasteiger partial charge is 0.497 e. The van der Waals surface area contributed by atoms with Crippen molar-refractivity contribution in [1.82, 2.24) is 0 Å². The van der Waals surface area contributed by atoms with Gasteiger partial charge >= 0.3 is 0 Å². The van der Waals surface area contributed by atoms with E-state index in [9.17, 15) is 4.79 Å². The van der Waals surface area contributed by atoms with Crippen molar-refractivity contribution in [1.29, 1.82) is 0 Å². The summed E-state index contributed by atoms with van der Waals surface area (Å²) in [5, 5.41) is 0. The van der Waals surface area contributed by atoms with Gasteiger partial charge in [-0.15, -0.1) is 0 Å². The van der Waals surface area contributed by atoms with Crippen molar-refractivity contribution in [3.8, 4) is 5.75 Å². The lowest BCUT2D eigenvalue weighted by molar-refractivity contribution is 0.0900. The highest BCUT2D eigenvalue weighted by molar-refractivity contribution is 6.01. The lowest BCUT2D eigenvalue weighted by atomic mass is 9.82. The van der Waals surface area contributed by atoms with Crippen LogP contribution in [-0.4, -0.2) is 18.9 Å². The maximum absolute atomic E-state index is 12.2. The summed E-state index contributed by atoms with van der Waals surface area (Å²) in [6.45, 7) is 7.79. The molecule has 1 unspecified atom stereocenters. The number of Topliss-reactive ketones (excluding diaryl/α,β-unsaturated/α-hetero) is 1. The lowest BCUT2D eigenvalue weighted by Gasteiger charge is -2.26. The van der Waals surface area contributed by atoms with E-state index in [0.29, 0.717) is 5.56 Å². The molecule has 1 atom stereocenters. The molecular weight excluding hydrogens is 214 g/mol. The van der Waals surface area contributed by atoms with Crippen LogP contribution in [0.3, 0.4) is 0 Å². The van der Waals surface area contributed by atoms with Gasteiger partial charge in [0.25, 0.3) is 0 Å². The Balaban J connectivity index is 3.05. The lowest BCUT2D eigenvalue weighted by Crippen LogP contribution is -2.42. The zero-order valence-electron chi connectivity index (χ0n) is 11.2. The summed E-state index contributed by atoms with van der Waals surface area (Å²) in [6.07, 6.45) is 0. The molecule has 0 saturated heterocycles. The van der Waals surface area contributed by atoms with Gasteiger partial charge in [-0.05, 0) is 36.1 Å². The molecule has 1 aromatic carbocycles. The van der Waals surface area contributed by atoms with Crippen LogP contribution in [0.5, 0.6) is 5.75 Å². The van der Waals surface area contributed by atoms with Gasteiger partial charge in [0.2, 0.25) is 0 Å². The molecule has 0 amide bonds. The van der Waals surface area contributed by atoms with Crippen LogP contribution in [0.4, 0.5) is 0 Å². The number of benzene rings is 1. The highest BCUT2D eigenvalue weighted by Crippen LogP contribution is 2.24. The van der Waals surface area contributed by atoms with E-state index < -0.39 is 6.04 Å². The van der Waals surface area contributed by atoms with Gasteiger partial charge in [-0.2, -0.15) is 0 Å². The van der Waals surface area contributed by atoms with E-state index in [4.69, 9.17) is 10.5 Å². The summed E-state index contributed by atoms with van der Waals surface area (Å²) >= 11 is 0. The first-order valence-electron chi connectivity index (χ1n) is 5.72. The molecule has 0 aliphatic rings. The Hall–Kier alpha value is -1.35. The van der Waals surface area contributed by atoms with Gasteiger partial charge in [0.05, 0.1) is 13.2 Å². The second-order valence-corrected chi connectivity index (χ2v) is 5.39. The molecule has 0 aromatic heterocycles. The quantitative estimate of drug-likeness (QED) is 0.819. The Morgan fingerprint density at radius 3 is 2.35 bits per heavy atom. The molecule has 0 heterocycles. The third kappa shape index (κ3) is 3.07. The molecule has 3 heteroatoms. The zero-order valence-corrected chi connectivity index (χ0v) is 11.2. The number of carbonyl (C=O) groups is 1. The number of aryl methyl sites for hydroxylation is 1. The first kappa shape index (κ1) is 13.7. The standard InChI is InChI=1S/C14H21NO2/c1-9-8-10(17-5)6-7-11(9)12(16)13(15)14(2,3)4/h6-8,13H,15H2,1-5H3. The van der Waals surface area contributed by atoms with Crippen molar-refractivity contribution in [3.63, 3.8) is 0 Å². The first-order valence-corrected chi connectivity index (χ1v) is 5.72. The summed E-state index contributed by atoms with van der Waals surface area (Å²) in [4.78, 5) is 12.2. The van der Waals surface area contributed by atoms with E-state index in [0.717, 1.165) is 11.3 Å². The molecule has 17 heavy (non-hydrogen) atoms. The number of nitrogens with two attached hydrogens (primary N) is 1. The Kier molecular flexibility index (Phi) is 3.94. The van der Waals surface area contributed by atoms with E-state index in [-0.39, 0.29) is 11.2 Å². The minimum Gasteiger partial charge on any atom is -0.497 e. The third-order valence-electron chi connectivity index (χ3n) is 2.91. The van der Waals surface area contributed by atoms with Crippen LogP contribution in [0.15, 0.2) is 18.2 Å². The van der Waals surface area contributed by atoms with Crippen LogP contribution in [0.1, 0.15) is 36.7 Å². The third-order valence-corrected chi connectivity index (χ3v) is 2.91. The summed E-state index contributed by atoms with van der Waals surface area (Å²) in [5.74, 6) is 0.737. The van der Waals surface area contributed by atoms with Crippen molar-refractivity contribution < 1.29 is 9.53 Å². The van der Waals surface area contributed by atoms with E-state index in [2.05, 4.69) is 0 Å². The maximum atomic E-state index is 12.2. The molecule has 0 spiro atoms. The Bertz CT molecular complexity index is 419. The van der Waals surface area contributed by atoms with Crippen molar-refractivity contribution in [2.75, 3.05) is 7.11 Å². The molecule has 0 saturated carbocycles. The van der Waals surface area contributed by atoms with Gasteiger partial charge in [0, 0.05) is 5.56 Å². The second kappa shape index (κ2) is 4.88. The minimum atomic E-state index is -0.491. The van der Waals surface area contributed by atoms with Gasteiger partial charge in [-0.1, -0.05) is 20.8 Å². The van der Waals surface area contributed by atoms with Crippen molar-refractivity contribution in [2.45, 2.75) is 33.7 Å². The number of carbonyl (C=O) groups excluding carboxylic acids is 1. The van der Waals surface area contributed by atoms with Crippen LogP contribution in [-0.2, 0) is 0 Å². The summed E-state index contributed by atoms with van der Waals surface area (Å²) in [5.41, 5.74) is 7.32. The molecule has 0 aliphatic heterocycles. The molecule has 0 fully saturated rings. The van der Waals surface area contributed by atoms with Gasteiger partial charge in [-0.25, -0.2) is 0 Å². The van der Waals surface area contributed by atoms with Crippen molar-refractivity contribution in [3.05, 3.63) is 29.3 Å². The van der Waals surface area contributed by atoms with Gasteiger partial charge in [0.15, 0.2) is 5.78 Å². The molecule has 2 N–H and O–H groups in total. The molecule has 0 aliphatic carbocycles. The molecule has 94 valence electrons. The smallest absolute Gasteiger partial charge is 0.180 e. The second-order valence-electron chi connectivity index (χ2n) is 5.39. The van der Waals surface area contributed by atoms with Crippen molar-refractivity contribution in [2.24, 2.45) is 11.1 Å². The predicted octanol–water partition coefficient (Wildman–Crippen LogP) is 2.56. The fraction of sp³-hybridized carbons (Fsp3) is 0.500. The number of hydrogen-bond donors (Lipinski definition) is 1. The number of rotatable bonds is 3. The minimum absolute atomic E-state index is 0.0161. The van der Waals surface area contributed by atoms with Gasteiger partial charge in [0.1, 0.15) is 5.75 Å². The highest BCUT2D eigenvalue weighted by atomic mass is 16.5. The van der Waals surface area contributed by atoms with Crippen LogP contribution in [0, 0.1) is 12.3 Å². The fourth-order valence-corrected chi connectivity index (χ4v) is 1.60. The monoisotopic (exact) mass is 235 g/mol. The van der Waals surface area contributed by atoms with Crippen LogP contribution < -0.4 is 10.5 Å². The molecule has 3 nitrogen and oxygen atoms in total. The predicted molar refractivity (Wildman–Crippen MR) is 69.5 cm³/mol. The van der Waals surface area contributed by atoms with Crippen LogP contribution in [0.25, 0.3) is 0 Å². The number of ether oxygens (including phenoxy) is 1. The maximum Gasteiger partial charge on any atom is 0.180 e. The number of hydrogen-bond acceptors (Lipinski definition) is 3. The van der Waals surface area contributed by atoms with Crippen molar-refractivity contribution >= 4 is 5.78 Å². The number of ketones is 1. The fourth-order valence-electron chi connectivity index (χ4n) is 1.60. The topological polar surface area (TPSA) is 52.3 Å².